The van der Waals surface area contributed by atoms with E-state index in [1.807, 2.05) is 25.3 Å². The number of benzene rings is 2. The Morgan fingerprint density at radius 2 is 1.81 bits per heavy atom. The second-order valence-corrected chi connectivity index (χ2v) is 10.9. The molecule has 0 radical (unpaired) electrons. The molecule has 2 aromatic carbocycles. The number of para-hydroxylation sites is 1. The highest BCUT2D eigenvalue weighted by molar-refractivity contribution is 7.98. The molecule has 0 saturated carbocycles. The second-order valence-electron chi connectivity index (χ2n) is 9.49. The van der Waals surface area contributed by atoms with Gasteiger partial charge in [0.2, 0.25) is 5.91 Å². The second kappa shape index (κ2) is 14.1. The lowest BCUT2D eigenvalue weighted by molar-refractivity contribution is -0.140. The average molecular weight is 546 g/mol. The first-order chi connectivity index (χ1) is 17.5. The van der Waals surface area contributed by atoms with Crippen molar-refractivity contribution in [3.05, 3.63) is 77.3 Å². The van der Waals surface area contributed by atoms with Crippen LogP contribution in [0.5, 0.6) is 0 Å². The van der Waals surface area contributed by atoms with Gasteiger partial charge in [-0.3, -0.25) is 9.59 Å². The monoisotopic (exact) mass is 545 g/mol. The summed E-state index contributed by atoms with van der Waals surface area (Å²) in [5.41, 5.74) is 1.16. The van der Waals surface area contributed by atoms with Crippen molar-refractivity contribution in [3.63, 3.8) is 0 Å². The summed E-state index contributed by atoms with van der Waals surface area (Å²) in [6.45, 7) is 11.0. The zero-order valence-electron chi connectivity index (χ0n) is 22.0. The van der Waals surface area contributed by atoms with Crippen molar-refractivity contribution in [3.8, 4) is 0 Å². The van der Waals surface area contributed by atoms with Gasteiger partial charge in [0, 0.05) is 6.54 Å². The molecule has 2 atom stereocenters. The molecule has 200 valence electrons. The van der Waals surface area contributed by atoms with Gasteiger partial charge in [0.25, 0.3) is 5.91 Å². The maximum atomic E-state index is 13.9. The first kappa shape index (κ1) is 30.3. The molecule has 0 bridgehead atoms. The summed E-state index contributed by atoms with van der Waals surface area (Å²) in [6.07, 6.45) is 3.14. The molecule has 37 heavy (non-hydrogen) atoms. The van der Waals surface area contributed by atoms with Gasteiger partial charge in [-0.25, -0.2) is 4.79 Å². The molecule has 0 aliphatic heterocycles. The molecule has 7 nitrogen and oxygen atoms in total. The van der Waals surface area contributed by atoms with Crippen LogP contribution in [0.15, 0.2) is 61.2 Å². The summed E-state index contributed by atoms with van der Waals surface area (Å²) in [7, 11) is 0. The minimum atomic E-state index is -1.00. The number of carbonyl (C=O) groups is 3. The molecular formula is C28H36ClN3O4S. The molecular weight excluding hydrogens is 510 g/mol. The minimum absolute atomic E-state index is 0.0824. The Kier molecular flexibility index (Phi) is 11.5. The van der Waals surface area contributed by atoms with Gasteiger partial charge in [-0.2, -0.15) is 11.8 Å². The number of hydrogen-bond acceptors (Lipinski definition) is 5. The number of rotatable bonds is 11. The van der Waals surface area contributed by atoms with Crippen LogP contribution in [0.3, 0.4) is 0 Å². The zero-order chi connectivity index (χ0) is 27.6. The molecule has 2 rings (SSSR count). The van der Waals surface area contributed by atoms with Gasteiger partial charge in [-0.1, -0.05) is 60.1 Å². The molecule has 3 amide bonds. The molecule has 0 aliphatic rings. The standard InChI is InChI=1S/C28H36ClN3O4S/c1-7-17-32(26(34)22(16-18-37-6)30-27(35)36-28(3,4)5)24(20-13-9-8-10-14-20)25(33)31-23-19(2)12-11-15-21(23)29/h7-15,22,24H,1,16-18H2,2-6H3,(H,30,35)(H,31,33). The van der Waals surface area contributed by atoms with Gasteiger partial charge in [0.1, 0.15) is 17.7 Å². The van der Waals surface area contributed by atoms with Crippen molar-refractivity contribution >= 4 is 47.0 Å². The predicted octanol–water partition coefficient (Wildman–Crippen LogP) is 5.99. The van der Waals surface area contributed by atoms with Crippen LogP contribution in [0.2, 0.25) is 5.02 Å². The third kappa shape index (κ3) is 9.13. The Morgan fingerprint density at radius 3 is 2.38 bits per heavy atom. The lowest BCUT2D eigenvalue weighted by Gasteiger charge is -2.34. The van der Waals surface area contributed by atoms with E-state index in [1.54, 1.807) is 75.0 Å². The molecule has 0 saturated heterocycles. The Bertz CT molecular complexity index is 1070. The summed E-state index contributed by atoms with van der Waals surface area (Å²) in [5, 5.41) is 6.01. The fourth-order valence-electron chi connectivity index (χ4n) is 3.69. The Labute approximate surface area is 229 Å². The largest absolute Gasteiger partial charge is 0.444 e. The van der Waals surface area contributed by atoms with Crippen LogP contribution < -0.4 is 10.6 Å². The smallest absolute Gasteiger partial charge is 0.408 e. The number of ether oxygens (including phenoxy) is 1. The molecule has 0 aliphatic carbocycles. The Morgan fingerprint density at radius 1 is 1.14 bits per heavy atom. The number of aryl methyl sites for hydroxylation is 1. The number of halogens is 1. The third-order valence-corrected chi connectivity index (χ3v) is 6.31. The normalized spacial score (nSPS) is 12.7. The number of anilines is 1. The molecule has 2 N–H and O–H groups in total. The quantitative estimate of drug-likeness (QED) is 0.339. The number of hydrogen-bond donors (Lipinski definition) is 2. The van der Waals surface area contributed by atoms with Crippen LogP contribution in [-0.2, 0) is 14.3 Å². The van der Waals surface area contributed by atoms with Crippen molar-refractivity contribution in [2.75, 3.05) is 23.9 Å². The van der Waals surface area contributed by atoms with E-state index in [0.29, 0.717) is 28.4 Å². The topological polar surface area (TPSA) is 87.7 Å². The summed E-state index contributed by atoms with van der Waals surface area (Å²) >= 11 is 7.92. The summed E-state index contributed by atoms with van der Waals surface area (Å²) in [5.74, 6) is -0.229. The van der Waals surface area contributed by atoms with Gasteiger partial charge in [0.05, 0.1) is 10.7 Å². The molecule has 0 aromatic heterocycles. The van der Waals surface area contributed by atoms with Crippen LogP contribution in [0.4, 0.5) is 10.5 Å². The van der Waals surface area contributed by atoms with Crippen molar-refractivity contribution in [1.29, 1.82) is 0 Å². The van der Waals surface area contributed by atoms with Crippen LogP contribution in [0.25, 0.3) is 0 Å². The van der Waals surface area contributed by atoms with E-state index in [-0.39, 0.29) is 6.54 Å². The number of thioether (sulfide) groups is 1. The maximum absolute atomic E-state index is 13.9. The first-order valence-corrected chi connectivity index (χ1v) is 13.8. The number of nitrogens with one attached hydrogen (secondary N) is 2. The van der Waals surface area contributed by atoms with E-state index in [9.17, 15) is 14.4 Å². The molecule has 0 heterocycles. The molecule has 2 unspecified atom stereocenters. The fraction of sp³-hybridized carbons (Fsp3) is 0.393. The summed E-state index contributed by atoms with van der Waals surface area (Å²) in [4.78, 5) is 41.7. The number of amides is 3. The Balaban J connectivity index is 2.48. The number of nitrogens with zero attached hydrogens (tertiary/aromatic N) is 1. The van der Waals surface area contributed by atoms with Crippen LogP contribution in [0, 0.1) is 6.92 Å². The van der Waals surface area contributed by atoms with E-state index in [0.717, 1.165) is 5.56 Å². The van der Waals surface area contributed by atoms with E-state index in [2.05, 4.69) is 17.2 Å². The fourth-order valence-corrected chi connectivity index (χ4v) is 4.44. The highest BCUT2D eigenvalue weighted by atomic mass is 35.5. The Hall–Kier alpha value is -2.97. The van der Waals surface area contributed by atoms with Crippen molar-refractivity contribution in [1.82, 2.24) is 10.2 Å². The van der Waals surface area contributed by atoms with Crippen LogP contribution >= 0.6 is 23.4 Å². The van der Waals surface area contributed by atoms with Gasteiger partial charge in [0.15, 0.2) is 0 Å². The van der Waals surface area contributed by atoms with Gasteiger partial charge in [-0.15, -0.1) is 6.58 Å². The number of carbonyl (C=O) groups excluding carboxylic acids is 3. The van der Waals surface area contributed by atoms with E-state index in [1.165, 1.54) is 4.90 Å². The number of alkyl carbamates (subject to hydrolysis) is 1. The lowest BCUT2D eigenvalue weighted by atomic mass is 10.0. The molecule has 2 aromatic rings. The first-order valence-electron chi connectivity index (χ1n) is 12.0. The molecule has 0 spiro atoms. The molecule has 0 fully saturated rings. The summed E-state index contributed by atoms with van der Waals surface area (Å²) < 4.78 is 5.39. The van der Waals surface area contributed by atoms with Crippen molar-refractivity contribution < 1.29 is 19.1 Å². The zero-order valence-corrected chi connectivity index (χ0v) is 23.6. The van der Waals surface area contributed by atoms with Crippen molar-refractivity contribution in [2.45, 2.75) is 51.8 Å². The van der Waals surface area contributed by atoms with E-state index >= 15 is 0 Å². The third-order valence-electron chi connectivity index (χ3n) is 5.35. The SMILES string of the molecule is C=CCN(C(=O)C(CCSC)NC(=O)OC(C)(C)C)C(C(=O)Nc1c(C)cccc1Cl)c1ccccc1. The van der Waals surface area contributed by atoms with Crippen molar-refractivity contribution in [2.24, 2.45) is 0 Å². The van der Waals surface area contributed by atoms with Crippen LogP contribution in [-0.4, -0.2) is 53.0 Å². The maximum Gasteiger partial charge on any atom is 0.408 e. The average Bonchev–Trinajstić information content (AvgIpc) is 2.83. The highest BCUT2D eigenvalue weighted by Crippen LogP contribution is 2.29. The molecule has 9 heteroatoms. The van der Waals surface area contributed by atoms with Gasteiger partial charge in [-0.05, 0) is 63.3 Å². The van der Waals surface area contributed by atoms with E-state index in [4.69, 9.17) is 16.3 Å². The van der Waals surface area contributed by atoms with Gasteiger partial charge >= 0.3 is 6.09 Å². The highest BCUT2D eigenvalue weighted by Gasteiger charge is 2.36. The predicted molar refractivity (Wildman–Crippen MR) is 152 cm³/mol. The minimum Gasteiger partial charge on any atom is -0.444 e. The lowest BCUT2D eigenvalue weighted by Crippen LogP contribution is -2.52. The van der Waals surface area contributed by atoms with E-state index < -0.39 is 35.6 Å². The van der Waals surface area contributed by atoms with Crippen LogP contribution in [0.1, 0.15) is 44.4 Å². The van der Waals surface area contributed by atoms with Gasteiger partial charge < -0.3 is 20.3 Å². The summed E-state index contributed by atoms with van der Waals surface area (Å²) in [6, 6.07) is 12.4.